The van der Waals surface area contributed by atoms with Gasteiger partial charge in [0.1, 0.15) is 11.5 Å². The molecule has 0 spiro atoms. The smallest absolute Gasteiger partial charge is 0.252 e. The Bertz CT molecular complexity index is 1190. The third-order valence-corrected chi connectivity index (χ3v) is 4.52. The van der Waals surface area contributed by atoms with Gasteiger partial charge in [0.05, 0.1) is 6.26 Å². The molecule has 0 saturated heterocycles. The van der Waals surface area contributed by atoms with Crippen LogP contribution in [0.2, 0.25) is 0 Å². The minimum atomic E-state index is -0.298. The Kier molecular flexibility index (Phi) is 5.56. The topological polar surface area (TPSA) is 106 Å². The van der Waals surface area contributed by atoms with Crippen LogP contribution >= 0.6 is 0 Å². The molecule has 8 heteroatoms. The van der Waals surface area contributed by atoms with Crippen molar-refractivity contribution in [2.75, 3.05) is 5.32 Å². The second kappa shape index (κ2) is 8.60. The molecule has 152 valence electrons. The number of nitrogens with zero attached hydrogens (tertiary/aromatic N) is 3. The number of carbonyl (C=O) groups is 1. The van der Waals surface area contributed by atoms with Crippen molar-refractivity contribution in [1.29, 1.82) is 0 Å². The number of aryl methyl sites for hydroxylation is 2. The fourth-order valence-electron chi connectivity index (χ4n) is 3.14. The van der Waals surface area contributed by atoms with Crippen LogP contribution in [0.5, 0.6) is 0 Å². The number of H-pyrrole nitrogens is 1. The summed E-state index contributed by atoms with van der Waals surface area (Å²) in [6.45, 7) is 1.72. The average Bonchev–Trinajstić information content (AvgIpc) is 3.38. The maximum Gasteiger partial charge on any atom is 0.252 e. The number of carbonyl (C=O) groups excluding carboxylic acids is 1. The lowest BCUT2D eigenvalue weighted by Crippen LogP contribution is -2.18. The molecule has 0 fully saturated rings. The number of rotatable bonds is 7. The summed E-state index contributed by atoms with van der Waals surface area (Å²) in [7, 11) is 0. The summed E-state index contributed by atoms with van der Waals surface area (Å²) < 4.78 is 6.81. The minimum Gasteiger partial charge on any atom is -0.463 e. The van der Waals surface area contributed by atoms with Crippen molar-refractivity contribution in [1.82, 2.24) is 19.7 Å². The van der Waals surface area contributed by atoms with Crippen molar-refractivity contribution in [2.45, 2.75) is 26.2 Å². The van der Waals surface area contributed by atoms with Gasteiger partial charge >= 0.3 is 0 Å². The Morgan fingerprint density at radius 3 is 2.73 bits per heavy atom. The van der Waals surface area contributed by atoms with E-state index in [-0.39, 0.29) is 17.4 Å². The molecule has 1 aromatic carbocycles. The number of benzene rings is 1. The molecule has 0 aliphatic heterocycles. The van der Waals surface area contributed by atoms with Crippen molar-refractivity contribution >= 4 is 11.7 Å². The molecule has 0 atom stereocenters. The highest BCUT2D eigenvalue weighted by atomic mass is 16.3. The van der Waals surface area contributed by atoms with Gasteiger partial charge in [-0.3, -0.25) is 14.6 Å². The van der Waals surface area contributed by atoms with Gasteiger partial charge in [0.15, 0.2) is 5.76 Å². The van der Waals surface area contributed by atoms with Crippen LogP contribution in [0.1, 0.15) is 24.1 Å². The van der Waals surface area contributed by atoms with Crippen LogP contribution in [0.25, 0.3) is 17.4 Å². The zero-order valence-electron chi connectivity index (χ0n) is 16.5. The van der Waals surface area contributed by atoms with Gasteiger partial charge in [-0.05, 0) is 37.5 Å². The largest absolute Gasteiger partial charge is 0.463 e. The van der Waals surface area contributed by atoms with E-state index >= 15 is 0 Å². The Hall–Kier alpha value is -3.94. The van der Waals surface area contributed by atoms with E-state index < -0.39 is 0 Å². The van der Waals surface area contributed by atoms with Gasteiger partial charge in [0, 0.05) is 24.2 Å². The highest BCUT2D eigenvalue weighted by Crippen LogP contribution is 2.24. The van der Waals surface area contributed by atoms with Crippen LogP contribution in [0.3, 0.4) is 0 Å². The number of aromatic amines is 1. The third kappa shape index (κ3) is 4.54. The first-order valence-corrected chi connectivity index (χ1v) is 9.64. The maximum atomic E-state index is 12.5. The van der Waals surface area contributed by atoms with Gasteiger partial charge in [0.25, 0.3) is 5.56 Å². The van der Waals surface area contributed by atoms with Crippen molar-refractivity contribution in [3.8, 4) is 17.4 Å². The second-order valence-corrected chi connectivity index (χ2v) is 6.90. The lowest BCUT2D eigenvalue weighted by atomic mass is 10.1. The molecule has 1 amide bonds. The predicted molar refractivity (Wildman–Crippen MR) is 112 cm³/mol. The fraction of sp³-hybridized carbons (Fsp3) is 0.182. The predicted octanol–water partition coefficient (Wildman–Crippen LogP) is 3.49. The van der Waals surface area contributed by atoms with E-state index in [1.54, 1.807) is 31.4 Å². The summed E-state index contributed by atoms with van der Waals surface area (Å²) in [6, 6.07) is 16.6. The molecule has 0 bridgehead atoms. The van der Waals surface area contributed by atoms with E-state index in [0.29, 0.717) is 35.8 Å². The van der Waals surface area contributed by atoms with E-state index in [1.165, 1.54) is 16.3 Å². The standard InChI is InChI=1S/C22H21N5O3/c1-15-13-21(29)25-22(23-15)27-19(14-17(26-27)18-10-6-12-30-18)24-20(28)11-5-9-16-7-3-2-4-8-16/h2-4,6-8,10,12-14H,5,9,11H2,1H3,(H,24,28)(H,23,25,29). The molecular formula is C22H21N5O3. The third-order valence-electron chi connectivity index (χ3n) is 4.52. The van der Waals surface area contributed by atoms with Crippen LogP contribution in [-0.4, -0.2) is 25.7 Å². The monoisotopic (exact) mass is 403 g/mol. The fourth-order valence-corrected chi connectivity index (χ4v) is 3.14. The number of nitrogens with one attached hydrogen (secondary N) is 2. The number of anilines is 1. The normalized spacial score (nSPS) is 10.8. The van der Waals surface area contributed by atoms with Gasteiger partial charge in [-0.25, -0.2) is 4.98 Å². The number of furan rings is 1. The average molecular weight is 403 g/mol. The molecule has 0 unspecified atom stereocenters. The molecule has 3 aromatic heterocycles. The Morgan fingerprint density at radius 2 is 2.00 bits per heavy atom. The van der Waals surface area contributed by atoms with Crippen molar-refractivity contribution < 1.29 is 9.21 Å². The van der Waals surface area contributed by atoms with Crippen molar-refractivity contribution in [3.05, 3.63) is 82.5 Å². The summed E-state index contributed by atoms with van der Waals surface area (Å²) in [5.74, 6) is 1.02. The number of hydrogen-bond acceptors (Lipinski definition) is 5. The lowest BCUT2D eigenvalue weighted by molar-refractivity contribution is -0.116. The van der Waals surface area contributed by atoms with E-state index in [4.69, 9.17) is 4.42 Å². The molecule has 8 nitrogen and oxygen atoms in total. The number of hydrogen-bond donors (Lipinski definition) is 2. The van der Waals surface area contributed by atoms with Gasteiger partial charge in [-0.15, -0.1) is 0 Å². The molecule has 0 saturated carbocycles. The number of amides is 1. The Balaban J connectivity index is 1.55. The molecule has 0 aliphatic rings. The van der Waals surface area contributed by atoms with E-state index in [9.17, 15) is 9.59 Å². The molecule has 30 heavy (non-hydrogen) atoms. The van der Waals surface area contributed by atoms with Crippen molar-refractivity contribution in [3.63, 3.8) is 0 Å². The van der Waals surface area contributed by atoms with Crippen LogP contribution in [0.4, 0.5) is 5.82 Å². The van der Waals surface area contributed by atoms with E-state index in [2.05, 4.69) is 20.4 Å². The number of aromatic nitrogens is 4. The SMILES string of the molecule is Cc1cc(=O)[nH]c(-n2nc(-c3ccco3)cc2NC(=O)CCCc2ccccc2)n1. The van der Waals surface area contributed by atoms with Gasteiger partial charge < -0.3 is 9.73 Å². The zero-order chi connectivity index (χ0) is 20.9. The van der Waals surface area contributed by atoms with E-state index in [0.717, 1.165) is 6.42 Å². The van der Waals surface area contributed by atoms with Gasteiger partial charge in [-0.2, -0.15) is 9.78 Å². The summed E-state index contributed by atoms with van der Waals surface area (Å²) in [6.07, 6.45) is 3.43. The Morgan fingerprint density at radius 1 is 1.17 bits per heavy atom. The van der Waals surface area contributed by atoms with E-state index in [1.807, 2.05) is 30.3 Å². The van der Waals surface area contributed by atoms with Gasteiger partial charge in [0.2, 0.25) is 11.9 Å². The summed E-state index contributed by atoms with van der Waals surface area (Å²) in [4.78, 5) is 31.4. The zero-order valence-corrected chi connectivity index (χ0v) is 16.5. The van der Waals surface area contributed by atoms with Crippen LogP contribution in [0, 0.1) is 6.92 Å². The first-order chi connectivity index (χ1) is 14.6. The quantitative estimate of drug-likeness (QED) is 0.491. The molecule has 0 aliphatic carbocycles. The van der Waals surface area contributed by atoms with Crippen LogP contribution < -0.4 is 10.9 Å². The molecule has 4 rings (SSSR count). The maximum absolute atomic E-state index is 12.5. The molecule has 0 radical (unpaired) electrons. The highest BCUT2D eigenvalue weighted by Gasteiger charge is 2.17. The summed E-state index contributed by atoms with van der Waals surface area (Å²) in [5.41, 5.74) is 1.96. The Labute approximate surface area is 172 Å². The summed E-state index contributed by atoms with van der Waals surface area (Å²) >= 11 is 0. The first-order valence-electron chi connectivity index (χ1n) is 9.64. The van der Waals surface area contributed by atoms with Crippen molar-refractivity contribution in [2.24, 2.45) is 0 Å². The van der Waals surface area contributed by atoms with Crippen LogP contribution in [-0.2, 0) is 11.2 Å². The second-order valence-electron chi connectivity index (χ2n) is 6.90. The minimum absolute atomic E-state index is 0.145. The van der Waals surface area contributed by atoms with Gasteiger partial charge in [-0.1, -0.05) is 30.3 Å². The molecule has 2 N–H and O–H groups in total. The lowest BCUT2D eigenvalue weighted by Gasteiger charge is -2.08. The summed E-state index contributed by atoms with van der Waals surface area (Å²) in [5, 5.41) is 7.34. The first kappa shape index (κ1) is 19.4. The molecule has 3 heterocycles. The van der Waals surface area contributed by atoms with Crippen LogP contribution in [0.15, 0.2) is 70.1 Å². The highest BCUT2D eigenvalue weighted by molar-refractivity contribution is 5.90. The molecule has 4 aromatic rings. The molecular weight excluding hydrogens is 382 g/mol.